The molecular formula is C11H24F2. The van der Waals surface area contributed by atoms with Gasteiger partial charge in [0, 0.05) is 12.8 Å². The summed E-state index contributed by atoms with van der Waals surface area (Å²) in [5.41, 5.74) is 0. The minimum atomic E-state index is -2.41. The molecule has 0 aliphatic heterocycles. The second-order valence-electron chi connectivity index (χ2n) is 4.05. The van der Waals surface area contributed by atoms with Crippen molar-refractivity contribution < 1.29 is 8.78 Å². The fraction of sp³-hybridized carbons (Fsp3) is 1.00. The Balaban J connectivity index is 0. The summed E-state index contributed by atoms with van der Waals surface area (Å²) in [6.07, 6.45) is 1.53. The van der Waals surface area contributed by atoms with E-state index in [1.54, 1.807) is 0 Å². The Hall–Kier alpha value is -0.140. The highest BCUT2D eigenvalue weighted by Gasteiger charge is 2.24. The van der Waals surface area contributed by atoms with E-state index in [2.05, 4.69) is 20.8 Å². The van der Waals surface area contributed by atoms with Crippen LogP contribution in [0.3, 0.4) is 0 Å². The summed E-state index contributed by atoms with van der Waals surface area (Å²) in [6, 6.07) is 0. The third-order valence-corrected chi connectivity index (χ3v) is 1.41. The summed E-state index contributed by atoms with van der Waals surface area (Å²) in [4.78, 5) is 0. The zero-order chi connectivity index (χ0) is 10.9. The molecule has 0 bridgehead atoms. The lowest BCUT2D eigenvalue weighted by Gasteiger charge is -2.11. The minimum Gasteiger partial charge on any atom is -0.207 e. The van der Waals surface area contributed by atoms with Gasteiger partial charge >= 0.3 is 0 Å². The fourth-order valence-electron chi connectivity index (χ4n) is 0.612. The van der Waals surface area contributed by atoms with Crippen molar-refractivity contribution in [1.82, 2.24) is 0 Å². The Morgan fingerprint density at radius 1 is 1.08 bits per heavy atom. The second kappa shape index (κ2) is 8.46. The standard InChI is InChI=1S/C7H14F2.C4H10/c1-3-5-6-7(8,9)4-2;1-4(2)3/h3-6H2,1-2H3;4H,1-3H3. The van der Waals surface area contributed by atoms with Crippen LogP contribution in [0, 0.1) is 5.92 Å². The molecule has 0 radical (unpaired) electrons. The van der Waals surface area contributed by atoms with E-state index in [1.165, 1.54) is 6.92 Å². The number of halogens is 2. The first-order valence-corrected chi connectivity index (χ1v) is 5.23. The minimum absolute atomic E-state index is 0.0208. The topological polar surface area (TPSA) is 0 Å². The summed E-state index contributed by atoms with van der Waals surface area (Å²) < 4.78 is 24.7. The first-order valence-electron chi connectivity index (χ1n) is 5.23. The highest BCUT2D eigenvalue weighted by Crippen LogP contribution is 2.24. The van der Waals surface area contributed by atoms with Crippen LogP contribution in [0.4, 0.5) is 8.78 Å². The van der Waals surface area contributed by atoms with Crippen LogP contribution in [0.25, 0.3) is 0 Å². The fourth-order valence-corrected chi connectivity index (χ4v) is 0.612. The van der Waals surface area contributed by atoms with Crippen LogP contribution in [-0.4, -0.2) is 5.92 Å². The molecule has 82 valence electrons. The third kappa shape index (κ3) is 18.7. The van der Waals surface area contributed by atoms with Crippen LogP contribution in [0.5, 0.6) is 0 Å². The smallest absolute Gasteiger partial charge is 0.207 e. The van der Waals surface area contributed by atoms with Gasteiger partial charge in [0.1, 0.15) is 0 Å². The van der Waals surface area contributed by atoms with E-state index in [1.807, 2.05) is 6.92 Å². The van der Waals surface area contributed by atoms with Crippen molar-refractivity contribution in [3.05, 3.63) is 0 Å². The normalized spacial score (nSPS) is 11.1. The molecule has 0 heterocycles. The van der Waals surface area contributed by atoms with Gasteiger partial charge in [-0.3, -0.25) is 0 Å². The SMILES string of the molecule is CC(C)C.CCCCC(F)(F)CC. The number of rotatable bonds is 4. The number of unbranched alkanes of at least 4 members (excludes halogenated alkanes) is 1. The van der Waals surface area contributed by atoms with Gasteiger partial charge in [-0.1, -0.05) is 41.0 Å². The molecular weight excluding hydrogens is 170 g/mol. The zero-order valence-corrected chi connectivity index (χ0v) is 9.66. The van der Waals surface area contributed by atoms with E-state index < -0.39 is 5.92 Å². The Morgan fingerprint density at radius 3 is 1.69 bits per heavy atom. The predicted molar refractivity (Wildman–Crippen MR) is 55.3 cm³/mol. The summed E-state index contributed by atoms with van der Waals surface area (Å²) >= 11 is 0. The molecule has 0 rings (SSSR count). The number of hydrogen-bond donors (Lipinski definition) is 0. The van der Waals surface area contributed by atoms with E-state index in [4.69, 9.17) is 0 Å². The Labute approximate surface area is 81.7 Å². The maximum absolute atomic E-state index is 12.3. The van der Waals surface area contributed by atoms with E-state index in [0.717, 1.165) is 12.3 Å². The van der Waals surface area contributed by atoms with Gasteiger partial charge in [0.25, 0.3) is 0 Å². The van der Waals surface area contributed by atoms with Crippen LogP contribution in [0.1, 0.15) is 60.3 Å². The molecule has 0 saturated heterocycles. The number of hydrogen-bond acceptors (Lipinski definition) is 0. The molecule has 0 N–H and O–H groups in total. The molecule has 0 spiro atoms. The van der Waals surface area contributed by atoms with Crippen molar-refractivity contribution >= 4 is 0 Å². The summed E-state index contributed by atoms with van der Waals surface area (Å²) in [5, 5.41) is 0. The summed E-state index contributed by atoms with van der Waals surface area (Å²) in [7, 11) is 0. The molecule has 0 saturated carbocycles. The molecule has 0 aliphatic carbocycles. The zero-order valence-electron chi connectivity index (χ0n) is 9.66. The van der Waals surface area contributed by atoms with Gasteiger partial charge in [-0.15, -0.1) is 0 Å². The lowest BCUT2D eigenvalue weighted by molar-refractivity contribution is -0.0133. The van der Waals surface area contributed by atoms with E-state index in [-0.39, 0.29) is 12.8 Å². The average Bonchev–Trinajstić information content (AvgIpc) is 2.00. The van der Waals surface area contributed by atoms with Gasteiger partial charge in [0.15, 0.2) is 0 Å². The highest BCUT2D eigenvalue weighted by atomic mass is 19.3. The van der Waals surface area contributed by atoms with Crippen molar-refractivity contribution in [2.75, 3.05) is 0 Å². The summed E-state index contributed by atoms with van der Waals surface area (Å²) in [5.74, 6) is -1.57. The average molecular weight is 194 g/mol. The van der Waals surface area contributed by atoms with E-state index >= 15 is 0 Å². The number of alkyl halides is 2. The van der Waals surface area contributed by atoms with E-state index in [0.29, 0.717) is 6.42 Å². The quantitative estimate of drug-likeness (QED) is 0.598. The Bertz CT molecular complexity index is 95.5. The first-order chi connectivity index (χ1) is 5.85. The van der Waals surface area contributed by atoms with Gasteiger partial charge < -0.3 is 0 Å². The molecule has 0 aromatic heterocycles. The Kier molecular flexibility index (Phi) is 9.98. The predicted octanol–water partition coefficient (Wildman–Crippen LogP) is 4.88. The Morgan fingerprint density at radius 2 is 1.46 bits per heavy atom. The van der Waals surface area contributed by atoms with Crippen molar-refractivity contribution in [3.63, 3.8) is 0 Å². The lowest BCUT2D eigenvalue weighted by atomic mass is 10.1. The van der Waals surface area contributed by atoms with Gasteiger partial charge in [-0.2, -0.15) is 0 Å². The molecule has 0 unspecified atom stereocenters. The molecule has 0 nitrogen and oxygen atoms in total. The van der Waals surface area contributed by atoms with Gasteiger partial charge in [-0.05, 0) is 12.3 Å². The maximum atomic E-state index is 12.3. The van der Waals surface area contributed by atoms with Crippen LogP contribution in [0.15, 0.2) is 0 Å². The monoisotopic (exact) mass is 194 g/mol. The molecule has 0 aromatic carbocycles. The molecule has 13 heavy (non-hydrogen) atoms. The first kappa shape index (κ1) is 15.3. The molecule has 0 atom stereocenters. The van der Waals surface area contributed by atoms with E-state index in [9.17, 15) is 8.78 Å². The van der Waals surface area contributed by atoms with Gasteiger partial charge in [-0.25, -0.2) is 8.78 Å². The van der Waals surface area contributed by atoms with Crippen LogP contribution >= 0.6 is 0 Å². The molecule has 2 heteroatoms. The summed E-state index contributed by atoms with van der Waals surface area (Å²) in [6.45, 7) is 9.95. The second-order valence-corrected chi connectivity index (χ2v) is 4.05. The van der Waals surface area contributed by atoms with Crippen molar-refractivity contribution in [1.29, 1.82) is 0 Å². The van der Waals surface area contributed by atoms with Crippen LogP contribution in [-0.2, 0) is 0 Å². The van der Waals surface area contributed by atoms with Crippen LogP contribution in [0.2, 0.25) is 0 Å². The molecule has 0 aromatic rings. The van der Waals surface area contributed by atoms with Gasteiger partial charge in [0.05, 0.1) is 0 Å². The molecule has 0 fully saturated rings. The van der Waals surface area contributed by atoms with Crippen molar-refractivity contribution in [2.24, 2.45) is 5.92 Å². The lowest BCUT2D eigenvalue weighted by Crippen LogP contribution is -2.13. The van der Waals surface area contributed by atoms with Crippen molar-refractivity contribution in [2.45, 2.75) is 66.2 Å². The van der Waals surface area contributed by atoms with Gasteiger partial charge in [0.2, 0.25) is 5.92 Å². The maximum Gasteiger partial charge on any atom is 0.247 e. The highest BCUT2D eigenvalue weighted by molar-refractivity contribution is 4.61. The molecule has 0 aliphatic rings. The van der Waals surface area contributed by atoms with Crippen molar-refractivity contribution in [3.8, 4) is 0 Å². The molecule has 0 amide bonds. The largest absolute Gasteiger partial charge is 0.247 e. The van der Waals surface area contributed by atoms with Crippen LogP contribution < -0.4 is 0 Å². The third-order valence-electron chi connectivity index (χ3n) is 1.41.